The van der Waals surface area contributed by atoms with Crippen molar-refractivity contribution >= 4 is 33.4 Å². The molecule has 7 nitrogen and oxygen atoms in total. The van der Waals surface area contributed by atoms with E-state index >= 15 is 0 Å². The van der Waals surface area contributed by atoms with Crippen LogP contribution in [-0.2, 0) is 9.53 Å². The Morgan fingerprint density at radius 3 is 2.94 bits per heavy atom. The van der Waals surface area contributed by atoms with E-state index in [2.05, 4.69) is 41.5 Å². The van der Waals surface area contributed by atoms with Crippen molar-refractivity contribution in [2.24, 2.45) is 5.92 Å². The molecule has 1 atom stereocenters. The Hall–Kier alpha value is -2.71. The first-order chi connectivity index (χ1) is 15.1. The molecule has 0 aliphatic carbocycles. The maximum Gasteiger partial charge on any atom is 0.270 e. The molecule has 31 heavy (non-hydrogen) atoms. The van der Waals surface area contributed by atoms with Gasteiger partial charge in [0.1, 0.15) is 4.70 Å². The van der Waals surface area contributed by atoms with Crippen molar-refractivity contribution in [2.75, 3.05) is 38.3 Å². The lowest BCUT2D eigenvalue weighted by atomic mass is 9.97. The van der Waals surface area contributed by atoms with E-state index in [-0.39, 0.29) is 17.4 Å². The first kappa shape index (κ1) is 21.5. The van der Waals surface area contributed by atoms with Gasteiger partial charge in [-0.25, -0.2) is 4.98 Å². The monoisotopic (exact) mass is 440 g/mol. The molecule has 1 fully saturated rings. The number of ether oxygens (including phenoxy) is 1. The van der Waals surface area contributed by atoms with Crippen LogP contribution >= 0.6 is 11.3 Å². The predicted molar refractivity (Wildman–Crippen MR) is 125 cm³/mol. The number of thiophene rings is 1. The average Bonchev–Trinajstić information content (AvgIpc) is 3.22. The van der Waals surface area contributed by atoms with Gasteiger partial charge in [-0.1, -0.05) is 29.8 Å². The average molecular weight is 441 g/mol. The summed E-state index contributed by atoms with van der Waals surface area (Å²) in [6.07, 6.45) is 2.52. The van der Waals surface area contributed by atoms with Crippen molar-refractivity contribution < 1.29 is 9.53 Å². The standard InChI is InChI=1S/C23H28N4O3S/c1-15-6-8-16(9-7-15)18-14-31-20-19(18)25-23(26-22(20)29)27-11-3-5-17(13-27)21(28)24-10-4-12-30-2/h6-9,14,17H,3-5,10-13H2,1-2H3,(H,24,28)(H,25,26,29)/t17-/m1/s1. The first-order valence-corrected chi connectivity index (χ1v) is 11.5. The van der Waals surface area contributed by atoms with Gasteiger partial charge < -0.3 is 15.0 Å². The molecule has 0 unspecified atom stereocenters. The van der Waals surface area contributed by atoms with Gasteiger partial charge in [0.05, 0.1) is 11.4 Å². The number of anilines is 1. The molecule has 0 spiro atoms. The second kappa shape index (κ2) is 9.62. The fourth-order valence-corrected chi connectivity index (χ4v) is 4.87. The third-order valence-electron chi connectivity index (χ3n) is 5.69. The number of nitrogens with zero attached hydrogens (tertiary/aromatic N) is 2. The number of fused-ring (bicyclic) bond motifs is 1. The van der Waals surface area contributed by atoms with E-state index in [9.17, 15) is 9.59 Å². The highest BCUT2D eigenvalue weighted by molar-refractivity contribution is 7.17. The third kappa shape index (κ3) is 4.80. The normalized spacial score (nSPS) is 16.6. The smallest absolute Gasteiger partial charge is 0.270 e. The van der Waals surface area contributed by atoms with Crippen LogP contribution in [0.25, 0.3) is 21.3 Å². The summed E-state index contributed by atoms with van der Waals surface area (Å²) < 4.78 is 5.66. The van der Waals surface area contributed by atoms with Gasteiger partial charge in [0, 0.05) is 44.3 Å². The molecule has 0 radical (unpaired) electrons. The van der Waals surface area contributed by atoms with Crippen LogP contribution in [-0.4, -0.2) is 49.2 Å². The van der Waals surface area contributed by atoms with Crippen LogP contribution in [0.2, 0.25) is 0 Å². The number of aromatic amines is 1. The fraction of sp³-hybridized carbons (Fsp3) is 0.435. The molecule has 2 aromatic heterocycles. The molecule has 3 heterocycles. The maximum absolute atomic E-state index is 12.8. The number of carbonyl (C=O) groups is 1. The molecule has 2 N–H and O–H groups in total. The van der Waals surface area contributed by atoms with E-state index < -0.39 is 0 Å². The number of H-pyrrole nitrogens is 1. The van der Waals surface area contributed by atoms with Crippen molar-refractivity contribution in [1.82, 2.24) is 15.3 Å². The molecule has 164 valence electrons. The summed E-state index contributed by atoms with van der Waals surface area (Å²) in [4.78, 5) is 35.1. The van der Waals surface area contributed by atoms with E-state index in [4.69, 9.17) is 9.72 Å². The summed E-state index contributed by atoms with van der Waals surface area (Å²) in [6.45, 7) is 4.61. The molecule has 1 aromatic carbocycles. The number of hydrogen-bond donors (Lipinski definition) is 2. The highest BCUT2D eigenvalue weighted by Crippen LogP contribution is 2.32. The van der Waals surface area contributed by atoms with Crippen LogP contribution in [0.5, 0.6) is 0 Å². The van der Waals surface area contributed by atoms with Gasteiger partial charge in [-0.3, -0.25) is 14.6 Å². The van der Waals surface area contributed by atoms with Crippen LogP contribution in [0.4, 0.5) is 5.95 Å². The van der Waals surface area contributed by atoms with Gasteiger partial charge in [0.25, 0.3) is 5.56 Å². The summed E-state index contributed by atoms with van der Waals surface area (Å²) in [6, 6.07) is 8.25. The molecule has 4 rings (SSSR count). The minimum atomic E-state index is -0.130. The maximum atomic E-state index is 12.8. The fourth-order valence-electron chi connectivity index (χ4n) is 3.96. The highest BCUT2D eigenvalue weighted by Gasteiger charge is 2.27. The topological polar surface area (TPSA) is 87.3 Å². The Kier molecular flexibility index (Phi) is 6.67. The van der Waals surface area contributed by atoms with E-state index in [0.717, 1.165) is 42.5 Å². The van der Waals surface area contributed by atoms with Crippen LogP contribution in [0.1, 0.15) is 24.8 Å². The van der Waals surface area contributed by atoms with Crippen LogP contribution in [0.15, 0.2) is 34.4 Å². The number of piperidine rings is 1. The number of nitrogens with one attached hydrogen (secondary N) is 2. The molecule has 1 aliphatic rings. The van der Waals surface area contributed by atoms with E-state index in [1.165, 1.54) is 16.9 Å². The van der Waals surface area contributed by atoms with Gasteiger partial charge >= 0.3 is 0 Å². The number of amides is 1. The molecule has 1 aliphatic heterocycles. The van der Waals surface area contributed by atoms with Gasteiger partial charge in [-0.05, 0) is 31.7 Å². The van der Waals surface area contributed by atoms with Crippen molar-refractivity contribution in [3.05, 3.63) is 45.6 Å². The number of aryl methyl sites for hydroxylation is 1. The van der Waals surface area contributed by atoms with Gasteiger partial charge in [0.2, 0.25) is 11.9 Å². The lowest BCUT2D eigenvalue weighted by molar-refractivity contribution is -0.125. The van der Waals surface area contributed by atoms with Gasteiger partial charge in [-0.2, -0.15) is 0 Å². The molecule has 3 aromatic rings. The highest BCUT2D eigenvalue weighted by atomic mass is 32.1. The Morgan fingerprint density at radius 1 is 1.35 bits per heavy atom. The Bertz CT molecular complexity index is 1110. The lowest BCUT2D eigenvalue weighted by Crippen LogP contribution is -2.44. The van der Waals surface area contributed by atoms with Crippen molar-refractivity contribution in [2.45, 2.75) is 26.2 Å². The van der Waals surface area contributed by atoms with E-state index in [0.29, 0.717) is 30.3 Å². The predicted octanol–water partition coefficient (Wildman–Crippen LogP) is 3.33. The second-order valence-corrected chi connectivity index (χ2v) is 8.88. The minimum absolute atomic E-state index is 0.0557. The summed E-state index contributed by atoms with van der Waals surface area (Å²) in [5.74, 6) is 0.484. The molecule has 1 amide bonds. The van der Waals surface area contributed by atoms with Gasteiger partial charge in [-0.15, -0.1) is 11.3 Å². The number of rotatable bonds is 7. The van der Waals surface area contributed by atoms with Crippen LogP contribution in [0.3, 0.4) is 0 Å². The number of benzene rings is 1. The quantitative estimate of drug-likeness (QED) is 0.551. The molecule has 0 saturated carbocycles. The number of methoxy groups -OCH3 is 1. The molecule has 8 heteroatoms. The van der Waals surface area contributed by atoms with Crippen molar-refractivity contribution in [1.29, 1.82) is 0 Å². The van der Waals surface area contributed by atoms with Crippen molar-refractivity contribution in [3.63, 3.8) is 0 Å². The molecule has 0 bridgehead atoms. The third-order valence-corrected chi connectivity index (χ3v) is 6.66. The summed E-state index contributed by atoms with van der Waals surface area (Å²) >= 11 is 1.41. The zero-order valence-electron chi connectivity index (χ0n) is 17.9. The van der Waals surface area contributed by atoms with E-state index in [1.807, 2.05) is 10.3 Å². The Balaban J connectivity index is 1.56. The molecular formula is C23H28N4O3S. The molecule has 1 saturated heterocycles. The summed E-state index contributed by atoms with van der Waals surface area (Å²) in [7, 11) is 1.66. The minimum Gasteiger partial charge on any atom is -0.385 e. The second-order valence-electron chi connectivity index (χ2n) is 8.01. The lowest BCUT2D eigenvalue weighted by Gasteiger charge is -2.32. The van der Waals surface area contributed by atoms with Crippen LogP contribution < -0.4 is 15.8 Å². The van der Waals surface area contributed by atoms with Crippen molar-refractivity contribution in [3.8, 4) is 11.1 Å². The Morgan fingerprint density at radius 2 is 2.16 bits per heavy atom. The number of aromatic nitrogens is 2. The largest absolute Gasteiger partial charge is 0.385 e. The SMILES string of the molecule is COCCCNC(=O)[C@@H]1CCCN(c2nc3c(-c4ccc(C)cc4)csc3c(=O)[nH]2)C1. The summed E-state index contributed by atoms with van der Waals surface area (Å²) in [5.41, 5.74) is 3.80. The zero-order chi connectivity index (χ0) is 21.8. The molecular weight excluding hydrogens is 412 g/mol. The Labute approximate surface area is 185 Å². The number of hydrogen-bond acceptors (Lipinski definition) is 6. The number of carbonyl (C=O) groups excluding carboxylic acids is 1. The zero-order valence-corrected chi connectivity index (χ0v) is 18.8. The summed E-state index contributed by atoms with van der Waals surface area (Å²) in [5, 5.41) is 4.99. The van der Waals surface area contributed by atoms with E-state index in [1.54, 1.807) is 7.11 Å². The van der Waals surface area contributed by atoms with Gasteiger partial charge in [0.15, 0.2) is 0 Å². The van der Waals surface area contributed by atoms with Crippen LogP contribution in [0, 0.1) is 12.8 Å². The first-order valence-electron chi connectivity index (χ1n) is 10.7.